The molecule has 0 aliphatic heterocycles. The van der Waals surface area contributed by atoms with Crippen LogP contribution < -0.4 is 5.43 Å². The summed E-state index contributed by atoms with van der Waals surface area (Å²) >= 11 is 5.97. The summed E-state index contributed by atoms with van der Waals surface area (Å²) in [6.45, 7) is 4.04. The first kappa shape index (κ1) is 14.3. The van der Waals surface area contributed by atoms with Crippen molar-refractivity contribution in [2.24, 2.45) is 5.10 Å². The van der Waals surface area contributed by atoms with Crippen LogP contribution in [0.4, 0.5) is 0 Å². The molecule has 0 saturated heterocycles. The van der Waals surface area contributed by atoms with Crippen molar-refractivity contribution in [1.29, 1.82) is 0 Å². The van der Waals surface area contributed by atoms with Crippen LogP contribution in [-0.4, -0.2) is 22.3 Å². The van der Waals surface area contributed by atoms with Gasteiger partial charge < -0.3 is 0 Å². The molecule has 0 saturated carbocycles. The van der Waals surface area contributed by atoms with E-state index in [9.17, 15) is 4.79 Å². The molecule has 0 atom stereocenters. The number of H-pyrrole nitrogens is 1. The fraction of sp³-hybridized carbons (Fsp3) is 0.214. The average molecular weight is 291 g/mol. The number of carbonyl (C=O) groups excluding carboxylic acids is 1. The fourth-order valence-electron chi connectivity index (χ4n) is 1.55. The van der Waals surface area contributed by atoms with E-state index in [4.69, 9.17) is 11.6 Å². The molecular formula is C14H15ClN4O. The van der Waals surface area contributed by atoms with Crippen LogP contribution in [0.2, 0.25) is 5.02 Å². The molecule has 1 aromatic carbocycles. The van der Waals surface area contributed by atoms with Crippen molar-refractivity contribution in [3.8, 4) is 0 Å². The predicted molar refractivity (Wildman–Crippen MR) is 79.2 cm³/mol. The van der Waals surface area contributed by atoms with Crippen molar-refractivity contribution in [1.82, 2.24) is 15.6 Å². The van der Waals surface area contributed by atoms with Gasteiger partial charge in [-0.25, -0.2) is 5.43 Å². The first-order chi connectivity index (χ1) is 9.58. The molecule has 6 heteroatoms. The smallest absolute Gasteiger partial charge is 0.282 e. The van der Waals surface area contributed by atoms with Gasteiger partial charge in [-0.15, -0.1) is 0 Å². The van der Waals surface area contributed by atoms with Crippen LogP contribution in [0, 0.1) is 0 Å². The zero-order valence-electron chi connectivity index (χ0n) is 11.2. The number of benzene rings is 1. The Kier molecular flexibility index (Phi) is 4.53. The van der Waals surface area contributed by atoms with Gasteiger partial charge in [0.2, 0.25) is 0 Å². The van der Waals surface area contributed by atoms with Crippen LogP contribution in [0.25, 0.3) is 0 Å². The number of hydrogen-bond donors (Lipinski definition) is 2. The van der Waals surface area contributed by atoms with E-state index in [0.717, 1.165) is 11.3 Å². The number of amides is 1. The number of nitrogens with zero attached hydrogens (tertiary/aromatic N) is 2. The molecule has 2 aromatic rings. The van der Waals surface area contributed by atoms with Crippen molar-refractivity contribution < 1.29 is 4.79 Å². The lowest BCUT2D eigenvalue weighted by Crippen LogP contribution is -2.18. The monoisotopic (exact) mass is 290 g/mol. The first-order valence-corrected chi connectivity index (χ1v) is 6.59. The molecular weight excluding hydrogens is 276 g/mol. The Balaban J connectivity index is 2.00. The minimum atomic E-state index is -0.364. The van der Waals surface area contributed by atoms with Gasteiger partial charge >= 0.3 is 0 Å². The lowest BCUT2D eigenvalue weighted by molar-refractivity contribution is 0.0950. The highest BCUT2D eigenvalue weighted by Crippen LogP contribution is 2.13. The third-order valence-electron chi connectivity index (χ3n) is 2.73. The van der Waals surface area contributed by atoms with E-state index in [2.05, 4.69) is 20.7 Å². The maximum Gasteiger partial charge on any atom is 0.291 e. The molecule has 1 heterocycles. The van der Waals surface area contributed by atoms with E-state index in [1.807, 2.05) is 32.0 Å². The zero-order valence-corrected chi connectivity index (χ0v) is 12.0. The Morgan fingerprint density at radius 1 is 1.45 bits per heavy atom. The highest BCUT2D eigenvalue weighted by molar-refractivity contribution is 6.33. The maximum atomic E-state index is 11.8. The Bertz CT molecular complexity index is 634. The van der Waals surface area contributed by atoms with E-state index < -0.39 is 0 Å². The topological polar surface area (TPSA) is 70.1 Å². The number of rotatable bonds is 4. The Morgan fingerprint density at radius 3 is 2.85 bits per heavy atom. The largest absolute Gasteiger partial charge is 0.291 e. The number of nitrogens with one attached hydrogen (secondary N) is 2. The Labute approximate surface area is 122 Å². The Morgan fingerprint density at radius 2 is 2.20 bits per heavy atom. The highest BCUT2D eigenvalue weighted by Gasteiger charge is 2.11. The predicted octanol–water partition coefficient (Wildman–Crippen LogP) is 2.95. The SMILES string of the molecule is CC(C)c1cc(C(=O)N/N=C/c2ccccc2Cl)n[nH]1. The second-order valence-corrected chi connectivity index (χ2v) is 4.99. The molecule has 1 aromatic heterocycles. The second kappa shape index (κ2) is 6.34. The molecule has 0 fully saturated rings. The fourth-order valence-corrected chi connectivity index (χ4v) is 1.73. The summed E-state index contributed by atoms with van der Waals surface area (Å²) in [5.74, 6) is -0.0767. The number of halogens is 1. The number of hydrogen-bond acceptors (Lipinski definition) is 3. The molecule has 2 rings (SSSR count). The minimum absolute atomic E-state index is 0.288. The summed E-state index contributed by atoms with van der Waals surface area (Å²) in [6, 6.07) is 8.95. The van der Waals surface area contributed by atoms with Gasteiger partial charge in [0, 0.05) is 16.3 Å². The molecule has 104 valence electrons. The van der Waals surface area contributed by atoms with Crippen molar-refractivity contribution in [2.75, 3.05) is 0 Å². The van der Waals surface area contributed by atoms with Gasteiger partial charge in [0.05, 0.1) is 6.21 Å². The molecule has 2 N–H and O–H groups in total. The van der Waals surface area contributed by atoms with Crippen molar-refractivity contribution >= 4 is 23.7 Å². The lowest BCUT2D eigenvalue weighted by atomic mass is 10.1. The third-order valence-corrected chi connectivity index (χ3v) is 3.07. The van der Waals surface area contributed by atoms with E-state index in [-0.39, 0.29) is 11.8 Å². The molecule has 20 heavy (non-hydrogen) atoms. The van der Waals surface area contributed by atoms with E-state index in [1.54, 1.807) is 12.1 Å². The molecule has 0 radical (unpaired) electrons. The Hall–Kier alpha value is -2.14. The molecule has 0 bridgehead atoms. The summed E-state index contributed by atoms with van der Waals surface area (Å²) in [4.78, 5) is 11.8. The van der Waals surface area contributed by atoms with Crippen LogP contribution in [0.15, 0.2) is 35.4 Å². The number of aromatic nitrogens is 2. The standard InChI is InChI=1S/C14H15ClN4O/c1-9(2)12-7-13(18-17-12)14(20)19-16-8-10-5-3-4-6-11(10)15/h3-9H,1-2H3,(H,17,18)(H,19,20)/b16-8+. The number of aromatic amines is 1. The molecule has 0 aliphatic rings. The maximum absolute atomic E-state index is 11.8. The van der Waals surface area contributed by atoms with Crippen LogP contribution in [-0.2, 0) is 0 Å². The molecule has 0 spiro atoms. The average Bonchev–Trinajstić information content (AvgIpc) is 2.91. The molecule has 5 nitrogen and oxygen atoms in total. The summed E-state index contributed by atoms with van der Waals surface area (Å²) in [5, 5.41) is 11.2. The summed E-state index contributed by atoms with van der Waals surface area (Å²) in [6.07, 6.45) is 1.50. The molecule has 0 aliphatic carbocycles. The van der Waals surface area contributed by atoms with Crippen LogP contribution >= 0.6 is 11.6 Å². The van der Waals surface area contributed by atoms with Gasteiger partial charge in [-0.3, -0.25) is 9.89 Å². The van der Waals surface area contributed by atoms with Gasteiger partial charge in [0.1, 0.15) is 0 Å². The zero-order chi connectivity index (χ0) is 14.5. The van der Waals surface area contributed by atoms with Gasteiger partial charge in [0.25, 0.3) is 5.91 Å². The van der Waals surface area contributed by atoms with E-state index in [1.165, 1.54) is 6.21 Å². The van der Waals surface area contributed by atoms with E-state index in [0.29, 0.717) is 10.7 Å². The summed E-state index contributed by atoms with van der Waals surface area (Å²) in [7, 11) is 0. The molecule has 1 amide bonds. The van der Waals surface area contributed by atoms with Crippen LogP contribution in [0.3, 0.4) is 0 Å². The quantitative estimate of drug-likeness (QED) is 0.671. The highest BCUT2D eigenvalue weighted by atomic mass is 35.5. The summed E-state index contributed by atoms with van der Waals surface area (Å²) in [5.41, 5.74) is 4.37. The van der Waals surface area contributed by atoms with E-state index >= 15 is 0 Å². The van der Waals surface area contributed by atoms with Crippen molar-refractivity contribution in [3.63, 3.8) is 0 Å². The van der Waals surface area contributed by atoms with Gasteiger partial charge in [-0.1, -0.05) is 43.6 Å². The first-order valence-electron chi connectivity index (χ1n) is 6.21. The summed E-state index contributed by atoms with van der Waals surface area (Å²) < 4.78 is 0. The van der Waals surface area contributed by atoms with Gasteiger partial charge in [-0.2, -0.15) is 10.2 Å². The van der Waals surface area contributed by atoms with Crippen molar-refractivity contribution in [3.05, 3.63) is 52.3 Å². The molecule has 0 unspecified atom stereocenters. The van der Waals surface area contributed by atoms with Gasteiger partial charge in [-0.05, 0) is 18.1 Å². The minimum Gasteiger partial charge on any atom is -0.282 e. The third kappa shape index (κ3) is 3.45. The second-order valence-electron chi connectivity index (χ2n) is 4.58. The number of hydrazone groups is 1. The lowest BCUT2D eigenvalue weighted by Gasteiger charge is -1.97. The van der Waals surface area contributed by atoms with Crippen molar-refractivity contribution in [2.45, 2.75) is 19.8 Å². The van der Waals surface area contributed by atoms with Gasteiger partial charge in [0.15, 0.2) is 5.69 Å². The van der Waals surface area contributed by atoms with Crippen LogP contribution in [0.5, 0.6) is 0 Å². The normalized spacial score (nSPS) is 11.2. The number of carbonyl (C=O) groups is 1. The van der Waals surface area contributed by atoms with Crippen LogP contribution in [0.1, 0.15) is 41.5 Å².